The number of rotatable bonds is 7. The highest BCUT2D eigenvalue weighted by molar-refractivity contribution is 7.93. The Morgan fingerprint density at radius 3 is 2.47 bits per heavy atom. The summed E-state index contributed by atoms with van der Waals surface area (Å²) in [4.78, 5) is 5.80. The summed E-state index contributed by atoms with van der Waals surface area (Å²) in [6, 6.07) is 6.76. The number of nitrogens with two attached hydrogens (primary N) is 5. The lowest BCUT2D eigenvalue weighted by Gasteiger charge is -2.18. The summed E-state index contributed by atoms with van der Waals surface area (Å²) in [5, 5.41) is 9.11. The average molecular weight is 482 g/mol. The van der Waals surface area contributed by atoms with E-state index in [9.17, 15) is 16.8 Å². The zero-order valence-electron chi connectivity index (χ0n) is 16.9. The molecule has 32 heavy (non-hydrogen) atoms. The predicted octanol–water partition coefficient (Wildman–Crippen LogP) is -1.34. The fraction of sp³-hybridized carbons (Fsp3) is 0.176. The van der Waals surface area contributed by atoms with E-state index in [4.69, 9.17) is 28.2 Å². The smallest absolute Gasteiger partial charge is 0.240 e. The molecular formula is C17H23N9O4S2. The molecule has 0 radical (unpaired) electrons. The van der Waals surface area contributed by atoms with Gasteiger partial charge in [0.05, 0.1) is 21.7 Å². The Morgan fingerprint density at radius 2 is 1.88 bits per heavy atom. The maximum atomic E-state index is 13.0. The van der Waals surface area contributed by atoms with Gasteiger partial charge in [-0.3, -0.25) is 0 Å². The summed E-state index contributed by atoms with van der Waals surface area (Å²) in [6.07, 6.45) is 0. The van der Waals surface area contributed by atoms with Crippen LogP contribution in [-0.2, 0) is 19.9 Å². The Kier molecular flexibility index (Phi) is 6.12. The van der Waals surface area contributed by atoms with E-state index in [0.717, 1.165) is 6.07 Å². The first kappa shape index (κ1) is 23.4. The lowest BCUT2D eigenvalue weighted by molar-refractivity contribution is 0.579. The molecule has 0 bridgehead atoms. The number of primary sulfonamides is 1. The number of amidine groups is 1. The molecule has 0 aliphatic heterocycles. The van der Waals surface area contributed by atoms with Gasteiger partial charge in [-0.15, -0.1) is 5.10 Å². The number of imidazole rings is 1. The Labute approximate surface area is 184 Å². The average Bonchev–Trinajstić information content (AvgIpc) is 3.05. The number of nitrogens with zero attached hydrogens (tertiary/aromatic N) is 2. The normalized spacial score (nSPS) is 13.9. The van der Waals surface area contributed by atoms with Gasteiger partial charge in [0.1, 0.15) is 4.90 Å². The number of aromatic amines is 1. The van der Waals surface area contributed by atoms with E-state index in [0.29, 0.717) is 16.6 Å². The van der Waals surface area contributed by atoms with E-state index in [-0.39, 0.29) is 17.1 Å². The van der Waals surface area contributed by atoms with Crippen LogP contribution in [0.5, 0.6) is 0 Å². The molecule has 3 aromatic rings. The van der Waals surface area contributed by atoms with E-state index in [1.54, 1.807) is 18.2 Å². The first-order valence-corrected chi connectivity index (χ1v) is 12.3. The van der Waals surface area contributed by atoms with E-state index < -0.39 is 47.3 Å². The maximum absolute atomic E-state index is 13.0. The number of sulfone groups is 1. The molecule has 0 unspecified atom stereocenters. The minimum Gasteiger partial charge on any atom is -0.382 e. The number of hydrazone groups is 1. The van der Waals surface area contributed by atoms with E-state index in [1.807, 2.05) is 5.53 Å². The summed E-state index contributed by atoms with van der Waals surface area (Å²) in [6.45, 7) is 1.47. The molecule has 0 spiro atoms. The van der Waals surface area contributed by atoms with Crippen LogP contribution in [0.4, 0.5) is 5.95 Å². The number of H-pyrrole nitrogens is 1. The molecule has 13 nitrogen and oxygen atoms in total. The third kappa shape index (κ3) is 4.37. The molecule has 2 aromatic carbocycles. The second-order valence-electron chi connectivity index (χ2n) is 7.07. The topological polar surface area (TPSA) is 251 Å². The van der Waals surface area contributed by atoms with Gasteiger partial charge < -0.3 is 22.2 Å². The number of para-hydroxylation sites is 1. The molecule has 172 valence electrons. The van der Waals surface area contributed by atoms with Crippen LogP contribution >= 0.6 is 0 Å². The van der Waals surface area contributed by atoms with Gasteiger partial charge in [-0.05, 0) is 24.6 Å². The van der Waals surface area contributed by atoms with Crippen molar-refractivity contribution in [3.8, 4) is 11.1 Å². The zero-order valence-corrected chi connectivity index (χ0v) is 18.5. The van der Waals surface area contributed by atoms with Crippen molar-refractivity contribution in [2.24, 2.45) is 27.6 Å². The van der Waals surface area contributed by atoms with Crippen molar-refractivity contribution in [2.75, 3.05) is 11.5 Å². The highest BCUT2D eigenvalue weighted by atomic mass is 32.2. The van der Waals surface area contributed by atoms with Crippen molar-refractivity contribution >= 4 is 42.7 Å². The Balaban J connectivity index is 2.51. The van der Waals surface area contributed by atoms with Crippen LogP contribution in [0.3, 0.4) is 0 Å². The molecule has 3 rings (SSSR count). The fourth-order valence-corrected chi connectivity index (χ4v) is 6.51. The van der Waals surface area contributed by atoms with E-state index in [2.05, 4.69) is 15.1 Å². The number of nitrogens with one attached hydrogen (secondary N) is 2. The Morgan fingerprint density at radius 1 is 1.19 bits per heavy atom. The zero-order chi connectivity index (χ0) is 23.8. The van der Waals surface area contributed by atoms with E-state index >= 15 is 0 Å². The molecule has 0 amide bonds. The first-order chi connectivity index (χ1) is 14.9. The summed E-state index contributed by atoms with van der Waals surface area (Å²) in [7, 11) is -8.80. The minimum absolute atomic E-state index is 0.127. The molecule has 0 fully saturated rings. The number of fused-ring (bicyclic) bond motifs is 1. The molecule has 1 atom stereocenters. The van der Waals surface area contributed by atoms with Gasteiger partial charge in [0.15, 0.2) is 21.6 Å². The van der Waals surface area contributed by atoms with Gasteiger partial charge >= 0.3 is 0 Å². The number of nitrogen functional groups attached to an aromatic ring is 1. The molecule has 12 N–H and O–H groups in total. The van der Waals surface area contributed by atoms with Crippen LogP contribution in [0.1, 0.15) is 12.5 Å². The van der Waals surface area contributed by atoms with Crippen LogP contribution in [0.25, 0.3) is 22.2 Å². The van der Waals surface area contributed by atoms with Crippen LogP contribution in [0, 0.1) is 0 Å². The van der Waals surface area contributed by atoms with Crippen molar-refractivity contribution in [3.05, 3.63) is 35.9 Å². The highest BCUT2D eigenvalue weighted by Crippen LogP contribution is 2.36. The van der Waals surface area contributed by atoms with Gasteiger partial charge in [0.2, 0.25) is 10.0 Å². The van der Waals surface area contributed by atoms with Crippen molar-refractivity contribution in [1.82, 2.24) is 15.5 Å². The second-order valence-corrected chi connectivity index (χ2v) is 10.6. The van der Waals surface area contributed by atoms with E-state index in [1.165, 1.54) is 13.0 Å². The number of benzene rings is 2. The molecule has 1 heterocycles. The highest BCUT2D eigenvalue weighted by Gasteiger charge is 2.32. The summed E-state index contributed by atoms with van der Waals surface area (Å²) in [5.41, 5.74) is 20.7. The number of hydrazine groups is 1. The number of hydrogen-bond acceptors (Lipinski definition) is 10. The standard InChI is InChI=1S/C17H23N9O4S2/c1-8(18)7-31(27,28)12-6-5-9(10-3-2-4-11-14(10)24-17(20)23-11)13(16(19)25-26-21)15(12)32(22,29)30/h2-6,8,26H,7,18,21H2,1H3,(H2,19,25)(H3,20,23,24)(H2,22,29,30)/t8-/m1/s1. The van der Waals surface area contributed by atoms with Crippen molar-refractivity contribution < 1.29 is 16.8 Å². The van der Waals surface area contributed by atoms with Gasteiger partial charge in [0.25, 0.3) is 0 Å². The minimum atomic E-state index is -4.63. The molecular weight excluding hydrogens is 458 g/mol. The Bertz CT molecular complexity index is 1430. The third-order valence-electron chi connectivity index (χ3n) is 4.49. The second kappa shape index (κ2) is 8.36. The predicted molar refractivity (Wildman–Crippen MR) is 121 cm³/mol. The Hall–Kier alpha value is -3.24. The van der Waals surface area contributed by atoms with Gasteiger partial charge in [-0.1, -0.05) is 18.2 Å². The monoisotopic (exact) mass is 481 g/mol. The van der Waals surface area contributed by atoms with Gasteiger partial charge in [0, 0.05) is 17.2 Å². The lowest BCUT2D eigenvalue weighted by atomic mass is 9.97. The van der Waals surface area contributed by atoms with Gasteiger partial charge in [-0.2, -0.15) is 0 Å². The quantitative estimate of drug-likeness (QED) is 0.0904. The molecule has 0 aliphatic carbocycles. The number of anilines is 1. The summed E-state index contributed by atoms with van der Waals surface area (Å²) in [5.74, 6) is 4.42. The van der Waals surface area contributed by atoms with Crippen molar-refractivity contribution in [2.45, 2.75) is 22.8 Å². The van der Waals surface area contributed by atoms with Crippen LogP contribution in [0.2, 0.25) is 0 Å². The third-order valence-corrected chi connectivity index (χ3v) is 7.58. The maximum Gasteiger partial charge on any atom is 0.240 e. The summed E-state index contributed by atoms with van der Waals surface area (Å²) < 4.78 is 51.2. The number of sulfonamides is 1. The molecule has 0 aliphatic rings. The number of aromatic nitrogens is 2. The largest absolute Gasteiger partial charge is 0.382 e. The first-order valence-electron chi connectivity index (χ1n) is 9.08. The van der Waals surface area contributed by atoms with Crippen molar-refractivity contribution in [3.63, 3.8) is 0 Å². The van der Waals surface area contributed by atoms with Crippen LogP contribution in [-0.4, -0.2) is 44.4 Å². The lowest BCUT2D eigenvalue weighted by Crippen LogP contribution is -2.31. The fourth-order valence-electron chi connectivity index (χ4n) is 3.40. The molecule has 15 heteroatoms. The molecule has 0 saturated carbocycles. The van der Waals surface area contributed by atoms with Crippen LogP contribution < -0.4 is 33.7 Å². The van der Waals surface area contributed by atoms with Crippen LogP contribution in [0.15, 0.2) is 45.2 Å². The summed E-state index contributed by atoms with van der Waals surface area (Å²) >= 11 is 0. The van der Waals surface area contributed by atoms with Crippen molar-refractivity contribution in [1.29, 1.82) is 0 Å². The molecule has 0 saturated heterocycles. The van der Waals surface area contributed by atoms with Gasteiger partial charge in [-0.25, -0.2) is 38.3 Å². The number of hydrogen-bond donors (Lipinski definition) is 7. The molecule has 1 aromatic heterocycles. The SMILES string of the molecule is C[C@@H](N)CS(=O)(=O)c1ccc(-c2cccc3[nH]c(N)nc23)c(/C(N)=N/NN)c1S(N)(=O)=O.